The highest BCUT2D eigenvalue weighted by atomic mass is 32.2. The van der Waals surface area contributed by atoms with Crippen molar-refractivity contribution in [3.63, 3.8) is 0 Å². The van der Waals surface area contributed by atoms with Crippen LogP contribution in [0.3, 0.4) is 0 Å². The molecule has 0 amide bonds. The number of Topliss-reactive ketones (excluding diaryl/α,β-unsaturated/α-hetero) is 1. The van der Waals surface area contributed by atoms with Crippen molar-refractivity contribution in [2.75, 3.05) is 23.3 Å². The molecule has 0 saturated carbocycles. The summed E-state index contributed by atoms with van der Waals surface area (Å²) in [6.45, 7) is 1.47. The van der Waals surface area contributed by atoms with E-state index in [2.05, 4.69) is 10.3 Å². The summed E-state index contributed by atoms with van der Waals surface area (Å²) in [6, 6.07) is 10.9. The second-order valence-electron chi connectivity index (χ2n) is 4.84. The first kappa shape index (κ1) is 18.2. The maximum Gasteiger partial charge on any atom is 0.178 e. The van der Waals surface area contributed by atoms with E-state index in [9.17, 15) is 4.79 Å². The van der Waals surface area contributed by atoms with Crippen LogP contribution in [0.4, 0.5) is 11.4 Å². The lowest BCUT2D eigenvalue weighted by molar-refractivity contribution is 0.101. The van der Waals surface area contributed by atoms with Crippen molar-refractivity contribution in [2.45, 2.75) is 6.92 Å². The third-order valence-corrected chi connectivity index (χ3v) is 4.34. The van der Waals surface area contributed by atoms with Crippen LogP contribution in [-0.2, 0) is 0 Å². The van der Waals surface area contributed by atoms with E-state index in [1.54, 1.807) is 25.4 Å². The number of benzene rings is 1. The van der Waals surface area contributed by atoms with E-state index in [1.165, 1.54) is 23.7 Å². The normalized spacial score (nSPS) is 10.1. The van der Waals surface area contributed by atoms with Gasteiger partial charge in [0.2, 0.25) is 0 Å². The quantitative estimate of drug-likeness (QED) is 0.267. The van der Waals surface area contributed by atoms with Gasteiger partial charge in [-0.25, -0.2) is 5.84 Å². The maximum absolute atomic E-state index is 11.2. The Kier molecular flexibility index (Phi) is 6.53. The fourth-order valence-corrected chi connectivity index (χ4v) is 2.67. The number of hydrogen-bond donors (Lipinski definition) is 2. The van der Waals surface area contributed by atoms with Crippen molar-refractivity contribution < 1.29 is 9.53 Å². The molecule has 0 spiro atoms. The molecule has 1 aromatic heterocycles. The van der Waals surface area contributed by atoms with Crippen molar-refractivity contribution in [1.29, 1.82) is 0 Å². The van der Waals surface area contributed by atoms with E-state index in [4.69, 9.17) is 22.8 Å². The predicted molar refractivity (Wildman–Crippen MR) is 103 cm³/mol. The van der Waals surface area contributed by atoms with Crippen LogP contribution in [0.2, 0.25) is 0 Å². The van der Waals surface area contributed by atoms with E-state index in [-0.39, 0.29) is 5.78 Å². The molecular formula is C16H18N4O2S2. The second kappa shape index (κ2) is 8.62. The number of rotatable bonds is 6. The fraction of sp³-hybridized carbons (Fsp3) is 0.188. The van der Waals surface area contributed by atoms with Gasteiger partial charge in [0.1, 0.15) is 15.8 Å². The number of ether oxygens (including phenoxy) is 1. The number of thiocarbonyl (C=S) groups is 1. The van der Waals surface area contributed by atoms with Crippen molar-refractivity contribution in [2.24, 2.45) is 5.84 Å². The number of methoxy groups -OCH3 is 1. The van der Waals surface area contributed by atoms with Crippen LogP contribution in [0.1, 0.15) is 17.4 Å². The van der Waals surface area contributed by atoms with Gasteiger partial charge in [-0.3, -0.25) is 14.8 Å². The summed E-state index contributed by atoms with van der Waals surface area (Å²) in [5.74, 6) is 7.14. The summed E-state index contributed by atoms with van der Waals surface area (Å²) in [5.41, 5.74) is 2.00. The Bertz CT molecular complexity index is 705. The summed E-state index contributed by atoms with van der Waals surface area (Å²) >= 11 is 6.69. The summed E-state index contributed by atoms with van der Waals surface area (Å²) in [5, 5.41) is 4.64. The van der Waals surface area contributed by atoms with Gasteiger partial charge in [-0.05, 0) is 36.4 Å². The van der Waals surface area contributed by atoms with Crippen LogP contribution in [-0.4, -0.2) is 28.1 Å². The average Bonchev–Trinajstić information content (AvgIpc) is 2.60. The first-order valence-electron chi connectivity index (χ1n) is 7.06. The monoisotopic (exact) mass is 362 g/mol. The molecule has 0 aliphatic carbocycles. The smallest absolute Gasteiger partial charge is 0.178 e. The van der Waals surface area contributed by atoms with E-state index in [1.807, 2.05) is 24.3 Å². The molecule has 2 aromatic rings. The summed E-state index contributed by atoms with van der Waals surface area (Å²) in [7, 11) is 1.62. The Morgan fingerprint density at radius 3 is 2.58 bits per heavy atom. The number of carbonyl (C=O) groups is 1. The number of nitrogens with zero attached hydrogens (tertiary/aromatic N) is 2. The van der Waals surface area contributed by atoms with Gasteiger partial charge in [0.15, 0.2) is 5.78 Å². The van der Waals surface area contributed by atoms with Crippen LogP contribution in [0, 0.1) is 0 Å². The lowest BCUT2D eigenvalue weighted by Crippen LogP contribution is -2.31. The van der Waals surface area contributed by atoms with Gasteiger partial charge in [0.05, 0.1) is 24.9 Å². The molecule has 0 aliphatic rings. The summed E-state index contributed by atoms with van der Waals surface area (Å²) < 4.78 is 5.71. The lowest BCUT2D eigenvalue weighted by Gasteiger charge is -2.18. The lowest BCUT2D eigenvalue weighted by atomic mass is 10.2. The number of pyridine rings is 1. The number of nitrogens with one attached hydrogen (secondary N) is 1. The van der Waals surface area contributed by atoms with Gasteiger partial charge in [0, 0.05) is 12.6 Å². The van der Waals surface area contributed by atoms with Gasteiger partial charge in [-0.1, -0.05) is 24.0 Å². The first-order valence-corrected chi connectivity index (χ1v) is 8.46. The summed E-state index contributed by atoms with van der Waals surface area (Å²) in [6.07, 6.45) is 1.57. The van der Waals surface area contributed by atoms with Gasteiger partial charge >= 0.3 is 0 Å². The SMILES string of the molecule is COc1ccc(NC(=S)SCN(N)c2ccc(C(C)=O)nc2)cc1. The fourth-order valence-electron chi connectivity index (χ4n) is 1.80. The summed E-state index contributed by atoms with van der Waals surface area (Å²) in [4.78, 5) is 15.3. The number of ketones is 1. The third kappa shape index (κ3) is 5.19. The van der Waals surface area contributed by atoms with Gasteiger partial charge in [-0.15, -0.1) is 0 Å². The second-order valence-corrected chi connectivity index (χ2v) is 6.46. The van der Waals surface area contributed by atoms with Crippen molar-refractivity contribution >= 4 is 45.5 Å². The number of aromatic nitrogens is 1. The Hall–Kier alpha value is -2.16. The molecule has 0 aliphatic heterocycles. The Labute approximate surface area is 150 Å². The number of anilines is 2. The molecule has 0 bridgehead atoms. The Balaban J connectivity index is 1.84. The average molecular weight is 362 g/mol. The molecule has 3 N–H and O–H groups in total. The molecule has 6 nitrogen and oxygen atoms in total. The van der Waals surface area contributed by atoms with Crippen molar-refractivity contribution in [3.8, 4) is 5.75 Å². The molecular weight excluding hydrogens is 344 g/mol. The number of thioether (sulfide) groups is 1. The van der Waals surface area contributed by atoms with Crippen LogP contribution in [0.5, 0.6) is 5.75 Å². The number of nitrogens with two attached hydrogens (primary N) is 1. The molecule has 0 atom stereocenters. The number of carbonyl (C=O) groups excluding carboxylic acids is 1. The zero-order valence-corrected chi connectivity index (χ0v) is 15.0. The van der Waals surface area contributed by atoms with Crippen LogP contribution >= 0.6 is 24.0 Å². The van der Waals surface area contributed by atoms with E-state index < -0.39 is 0 Å². The zero-order chi connectivity index (χ0) is 17.5. The molecule has 0 unspecified atom stereocenters. The highest BCUT2D eigenvalue weighted by Crippen LogP contribution is 2.18. The molecule has 8 heteroatoms. The maximum atomic E-state index is 11.2. The minimum atomic E-state index is -0.0793. The van der Waals surface area contributed by atoms with Gasteiger partial charge < -0.3 is 10.1 Å². The molecule has 126 valence electrons. The van der Waals surface area contributed by atoms with Crippen molar-refractivity contribution in [1.82, 2.24) is 4.98 Å². The molecule has 1 aromatic carbocycles. The minimum absolute atomic E-state index is 0.0793. The van der Waals surface area contributed by atoms with Crippen LogP contribution in [0.25, 0.3) is 0 Å². The number of hydrazine groups is 1. The van der Waals surface area contributed by atoms with Crippen molar-refractivity contribution in [3.05, 3.63) is 48.3 Å². The molecule has 1 heterocycles. The van der Waals surface area contributed by atoms with Gasteiger partial charge in [-0.2, -0.15) is 0 Å². The number of hydrogen-bond acceptors (Lipinski definition) is 7. The third-order valence-electron chi connectivity index (χ3n) is 3.11. The topological polar surface area (TPSA) is 80.5 Å². The molecule has 0 saturated heterocycles. The minimum Gasteiger partial charge on any atom is -0.497 e. The molecule has 0 fully saturated rings. The largest absolute Gasteiger partial charge is 0.497 e. The molecule has 24 heavy (non-hydrogen) atoms. The van der Waals surface area contributed by atoms with Gasteiger partial charge in [0.25, 0.3) is 0 Å². The predicted octanol–water partition coefficient (Wildman–Crippen LogP) is 3.06. The van der Waals surface area contributed by atoms with E-state index in [0.29, 0.717) is 21.6 Å². The first-order chi connectivity index (χ1) is 11.5. The molecule has 2 rings (SSSR count). The Morgan fingerprint density at radius 2 is 2.04 bits per heavy atom. The van der Waals surface area contributed by atoms with E-state index in [0.717, 1.165) is 11.4 Å². The Morgan fingerprint density at radius 1 is 1.33 bits per heavy atom. The van der Waals surface area contributed by atoms with Crippen LogP contribution < -0.4 is 20.9 Å². The highest BCUT2D eigenvalue weighted by Gasteiger charge is 2.07. The standard InChI is InChI=1S/C16H18N4O2S2/c1-11(21)15-8-5-13(9-18-15)20(17)10-24-16(23)19-12-3-6-14(22-2)7-4-12/h3-9H,10,17H2,1-2H3,(H,19,23). The highest BCUT2D eigenvalue weighted by molar-refractivity contribution is 8.23. The van der Waals surface area contributed by atoms with E-state index >= 15 is 0 Å². The van der Waals surface area contributed by atoms with Crippen LogP contribution in [0.15, 0.2) is 42.6 Å². The molecule has 0 radical (unpaired) electrons. The zero-order valence-electron chi connectivity index (χ0n) is 13.4.